The molecule has 0 bridgehead atoms. The molecule has 5 nitrogen and oxygen atoms in total. The van der Waals surface area contributed by atoms with E-state index in [-0.39, 0.29) is 12.3 Å². The molecule has 2 rings (SSSR count). The molecule has 0 saturated carbocycles. The largest absolute Gasteiger partial charge is 0.392 e. The normalized spacial score (nSPS) is 10.3. The molecule has 0 heterocycles. The van der Waals surface area contributed by atoms with Gasteiger partial charge in [0, 0.05) is 36.1 Å². The second-order valence-electron chi connectivity index (χ2n) is 4.62. The van der Waals surface area contributed by atoms with Gasteiger partial charge in [0.2, 0.25) is 0 Å². The highest BCUT2D eigenvalue weighted by molar-refractivity contribution is 5.67. The number of rotatable bonds is 4. The standard InChI is InChI=1S/C15H16N2O3/c1-11-3-5-13(6-4-11)16(2)15-8-7-14(17(19)20)9-12(15)10-18/h3-9,18H,10H2,1-2H3. The van der Waals surface area contributed by atoms with E-state index in [0.717, 1.165) is 16.9 Å². The average Bonchev–Trinajstić information content (AvgIpc) is 2.46. The molecule has 0 aliphatic heterocycles. The second-order valence-corrected chi connectivity index (χ2v) is 4.62. The smallest absolute Gasteiger partial charge is 0.269 e. The zero-order valence-electron chi connectivity index (χ0n) is 11.4. The highest BCUT2D eigenvalue weighted by Crippen LogP contribution is 2.30. The predicted molar refractivity (Wildman–Crippen MR) is 78.3 cm³/mol. The van der Waals surface area contributed by atoms with Gasteiger partial charge in [0.15, 0.2) is 0 Å². The van der Waals surface area contributed by atoms with E-state index in [1.807, 2.05) is 43.1 Å². The molecule has 0 saturated heterocycles. The predicted octanol–water partition coefficient (Wildman–Crippen LogP) is 3.16. The summed E-state index contributed by atoms with van der Waals surface area (Å²) in [6.45, 7) is 1.77. The number of aryl methyl sites for hydroxylation is 1. The van der Waals surface area contributed by atoms with Crippen LogP contribution in [0.1, 0.15) is 11.1 Å². The van der Waals surface area contributed by atoms with Gasteiger partial charge in [-0.3, -0.25) is 10.1 Å². The van der Waals surface area contributed by atoms with Gasteiger partial charge in [-0.1, -0.05) is 17.7 Å². The van der Waals surface area contributed by atoms with Gasteiger partial charge in [-0.05, 0) is 25.1 Å². The molecule has 0 aliphatic rings. The molecule has 0 spiro atoms. The van der Waals surface area contributed by atoms with Crippen LogP contribution >= 0.6 is 0 Å². The molecule has 0 aliphatic carbocycles. The first kappa shape index (κ1) is 14.0. The number of anilines is 2. The van der Waals surface area contributed by atoms with E-state index < -0.39 is 4.92 Å². The summed E-state index contributed by atoms with van der Waals surface area (Å²) < 4.78 is 0. The minimum atomic E-state index is -0.463. The zero-order chi connectivity index (χ0) is 14.7. The Morgan fingerprint density at radius 3 is 2.40 bits per heavy atom. The number of aliphatic hydroxyl groups is 1. The zero-order valence-corrected chi connectivity index (χ0v) is 11.4. The van der Waals surface area contributed by atoms with Crippen molar-refractivity contribution in [3.63, 3.8) is 0 Å². The molecular weight excluding hydrogens is 256 g/mol. The maximum Gasteiger partial charge on any atom is 0.269 e. The van der Waals surface area contributed by atoms with E-state index in [1.165, 1.54) is 12.1 Å². The van der Waals surface area contributed by atoms with Gasteiger partial charge in [0.05, 0.1) is 11.5 Å². The lowest BCUT2D eigenvalue weighted by Crippen LogP contribution is -2.12. The van der Waals surface area contributed by atoms with Gasteiger partial charge in [-0.25, -0.2) is 0 Å². The van der Waals surface area contributed by atoms with Crippen molar-refractivity contribution in [3.8, 4) is 0 Å². The lowest BCUT2D eigenvalue weighted by Gasteiger charge is -2.22. The van der Waals surface area contributed by atoms with E-state index in [4.69, 9.17) is 0 Å². The van der Waals surface area contributed by atoms with Crippen LogP contribution in [0.15, 0.2) is 42.5 Å². The first-order chi connectivity index (χ1) is 9.52. The molecular formula is C15H16N2O3. The van der Waals surface area contributed by atoms with E-state index in [9.17, 15) is 15.2 Å². The molecule has 0 atom stereocenters. The van der Waals surface area contributed by atoms with Crippen LogP contribution in [-0.4, -0.2) is 17.1 Å². The average molecular weight is 272 g/mol. The van der Waals surface area contributed by atoms with E-state index in [0.29, 0.717) is 5.56 Å². The second kappa shape index (κ2) is 5.71. The molecule has 0 fully saturated rings. The van der Waals surface area contributed by atoms with Crippen molar-refractivity contribution in [1.82, 2.24) is 0 Å². The van der Waals surface area contributed by atoms with Crippen molar-refractivity contribution < 1.29 is 10.0 Å². The number of aliphatic hydroxyl groups excluding tert-OH is 1. The number of hydrogen-bond donors (Lipinski definition) is 1. The Balaban J connectivity index is 2.41. The summed E-state index contributed by atoms with van der Waals surface area (Å²) in [6, 6.07) is 12.4. The fraction of sp³-hybridized carbons (Fsp3) is 0.200. The molecule has 0 amide bonds. The van der Waals surface area contributed by atoms with Crippen LogP contribution in [0.5, 0.6) is 0 Å². The maximum absolute atomic E-state index is 10.8. The maximum atomic E-state index is 10.8. The Kier molecular flexibility index (Phi) is 4.00. The fourth-order valence-electron chi connectivity index (χ4n) is 2.05. The van der Waals surface area contributed by atoms with Gasteiger partial charge in [-0.15, -0.1) is 0 Å². The third-order valence-electron chi connectivity index (χ3n) is 3.23. The SMILES string of the molecule is Cc1ccc(N(C)c2ccc([N+](=O)[O-])cc2CO)cc1. The van der Waals surface area contributed by atoms with Crippen LogP contribution in [0.3, 0.4) is 0 Å². The topological polar surface area (TPSA) is 66.6 Å². The summed E-state index contributed by atoms with van der Waals surface area (Å²) in [5.74, 6) is 0. The van der Waals surface area contributed by atoms with Crippen LogP contribution in [0.4, 0.5) is 17.1 Å². The van der Waals surface area contributed by atoms with E-state index >= 15 is 0 Å². The van der Waals surface area contributed by atoms with Crippen LogP contribution in [-0.2, 0) is 6.61 Å². The van der Waals surface area contributed by atoms with Gasteiger partial charge in [0.1, 0.15) is 0 Å². The molecule has 104 valence electrons. The Labute approximate surface area is 117 Å². The monoisotopic (exact) mass is 272 g/mol. The van der Waals surface area contributed by atoms with Crippen molar-refractivity contribution in [2.75, 3.05) is 11.9 Å². The fourth-order valence-corrected chi connectivity index (χ4v) is 2.05. The van der Waals surface area contributed by atoms with Crippen LogP contribution in [0.25, 0.3) is 0 Å². The summed E-state index contributed by atoms with van der Waals surface area (Å²) in [6.07, 6.45) is 0. The highest BCUT2D eigenvalue weighted by atomic mass is 16.6. The van der Waals surface area contributed by atoms with Crippen molar-refractivity contribution >= 4 is 17.1 Å². The molecule has 2 aromatic carbocycles. The van der Waals surface area contributed by atoms with Gasteiger partial charge in [0.25, 0.3) is 5.69 Å². The minimum Gasteiger partial charge on any atom is -0.392 e. The Morgan fingerprint density at radius 1 is 1.20 bits per heavy atom. The van der Waals surface area contributed by atoms with Crippen molar-refractivity contribution in [2.45, 2.75) is 13.5 Å². The van der Waals surface area contributed by atoms with Crippen molar-refractivity contribution in [3.05, 3.63) is 63.7 Å². The van der Waals surface area contributed by atoms with E-state index in [1.54, 1.807) is 6.07 Å². The van der Waals surface area contributed by atoms with Crippen molar-refractivity contribution in [1.29, 1.82) is 0 Å². The van der Waals surface area contributed by atoms with Crippen LogP contribution in [0.2, 0.25) is 0 Å². The summed E-state index contributed by atoms with van der Waals surface area (Å²) >= 11 is 0. The molecule has 1 N–H and O–H groups in total. The molecule has 0 unspecified atom stereocenters. The minimum absolute atomic E-state index is 0.0184. The third kappa shape index (κ3) is 2.78. The highest BCUT2D eigenvalue weighted by Gasteiger charge is 2.13. The number of nitro benzene ring substituents is 1. The van der Waals surface area contributed by atoms with Gasteiger partial charge in [-0.2, -0.15) is 0 Å². The summed E-state index contributed by atoms with van der Waals surface area (Å²) in [7, 11) is 1.87. The Bertz CT molecular complexity index is 624. The van der Waals surface area contributed by atoms with Gasteiger partial charge >= 0.3 is 0 Å². The number of nitrogens with zero attached hydrogens (tertiary/aromatic N) is 2. The van der Waals surface area contributed by atoms with Crippen LogP contribution < -0.4 is 4.90 Å². The molecule has 2 aromatic rings. The summed E-state index contributed by atoms with van der Waals surface area (Å²) in [5, 5.41) is 20.2. The quantitative estimate of drug-likeness (QED) is 0.685. The summed E-state index contributed by atoms with van der Waals surface area (Å²) in [4.78, 5) is 12.2. The lowest BCUT2D eigenvalue weighted by atomic mass is 10.1. The Hall–Kier alpha value is -2.40. The van der Waals surface area contributed by atoms with Crippen molar-refractivity contribution in [2.24, 2.45) is 0 Å². The first-order valence-corrected chi connectivity index (χ1v) is 6.21. The summed E-state index contributed by atoms with van der Waals surface area (Å²) in [5.41, 5.74) is 3.38. The third-order valence-corrected chi connectivity index (χ3v) is 3.23. The molecule has 0 radical (unpaired) electrons. The van der Waals surface area contributed by atoms with Crippen LogP contribution in [0, 0.1) is 17.0 Å². The molecule has 0 aromatic heterocycles. The molecule has 5 heteroatoms. The number of hydrogen-bond acceptors (Lipinski definition) is 4. The number of benzene rings is 2. The van der Waals surface area contributed by atoms with Gasteiger partial charge < -0.3 is 10.0 Å². The lowest BCUT2D eigenvalue weighted by molar-refractivity contribution is -0.384. The van der Waals surface area contributed by atoms with E-state index in [2.05, 4.69) is 0 Å². The number of nitro groups is 1. The number of non-ortho nitro benzene ring substituents is 1. The molecule has 20 heavy (non-hydrogen) atoms. The first-order valence-electron chi connectivity index (χ1n) is 6.21. The Morgan fingerprint density at radius 2 is 1.85 bits per heavy atom.